The Morgan fingerprint density at radius 1 is 1.23 bits per heavy atom. The van der Waals surface area contributed by atoms with Crippen LogP contribution in [0.15, 0.2) is 23.8 Å². The molecule has 0 aliphatic heterocycles. The van der Waals surface area contributed by atoms with Gasteiger partial charge in [0.15, 0.2) is 5.78 Å². The average molecular weight is 302 g/mol. The van der Waals surface area contributed by atoms with E-state index in [1.807, 2.05) is 0 Å². The minimum Gasteiger partial charge on any atom is -0.299 e. The van der Waals surface area contributed by atoms with Crippen molar-refractivity contribution in [3.8, 4) is 0 Å². The Bertz CT molecular complexity index is 605. The summed E-state index contributed by atoms with van der Waals surface area (Å²) in [7, 11) is 0. The first-order chi connectivity index (χ1) is 10.5. The van der Waals surface area contributed by atoms with Crippen molar-refractivity contribution in [2.24, 2.45) is 28.6 Å². The first-order valence-corrected chi connectivity index (χ1v) is 8.55. The maximum atomic E-state index is 13.8. The van der Waals surface area contributed by atoms with E-state index < -0.39 is 12.1 Å². The van der Waals surface area contributed by atoms with Crippen LogP contribution in [0.2, 0.25) is 0 Å². The second-order valence-electron chi connectivity index (χ2n) is 7.89. The zero-order valence-corrected chi connectivity index (χ0v) is 13.1. The maximum absolute atomic E-state index is 13.8. The first-order valence-electron chi connectivity index (χ1n) is 8.55. The lowest BCUT2D eigenvalue weighted by Gasteiger charge is -2.54. The van der Waals surface area contributed by atoms with Crippen molar-refractivity contribution >= 4 is 11.6 Å². The molecule has 2 fully saturated rings. The monoisotopic (exact) mass is 302 g/mol. The van der Waals surface area contributed by atoms with Crippen molar-refractivity contribution in [1.29, 1.82) is 0 Å². The van der Waals surface area contributed by atoms with E-state index in [-0.39, 0.29) is 34.7 Å². The SMILES string of the molecule is C[C@]12CCC=CC1=CC(=O)[C@H]1[C@@H]3CCC(=O)[C@@]3(CF)CC[C@@H]12. The van der Waals surface area contributed by atoms with Crippen LogP contribution >= 0.6 is 0 Å². The van der Waals surface area contributed by atoms with Crippen molar-refractivity contribution in [3.05, 3.63) is 23.8 Å². The molecule has 5 atom stereocenters. The van der Waals surface area contributed by atoms with Gasteiger partial charge in [0.05, 0.1) is 5.41 Å². The van der Waals surface area contributed by atoms with Crippen LogP contribution in [0.1, 0.15) is 45.4 Å². The van der Waals surface area contributed by atoms with E-state index in [4.69, 9.17) is 0 Å². The highest BCUT2D eigenvalue weighted by Crippen LogP contribution is 2.62. The van der Waals surface area contributed by atoms with Crippen molar-refractivity contribution in [2.45, 2.75) is 45.4 Å². The van der Waals surface area contributed by atoms with Crippen LogP contribution in [0.25, 0.3) is 0 Å². The number of fused-ring (bicyclic) bond motifs is 5. The lowest BCUT2D eigenvalue weighted by atomic mass is 9.48. The van der Waals surface area contributed by atoms with E-state index >= 15 is 0 Å². The van der Waals surface area contributed by atoms with E-state index in [1.165, 1.54) is 0 Å². The van der Waals surface area contributed by atoms with Gasteiger partial charge in [-0.1, -0.05) is 19.1 Å². The molecule has 4 rings (SSSR count). The third-order valence-electron chi connectivity index (χ3n) is 7.19. The summed E-state index contributed by atoms with van der Waals surface area (Å²) in [5.74, 6) is 0.268. The molecule has 0 aromatic carbocycles. The number of hydrogen-bond donors (Lipinski definition) is 0. The lowest BCUT2D eigenvalue weighted by molar-refractivity contribution is -0.141. The van der Waals surface area contributed by atoms with Crippen LogP contribution in [0.5, 0.6) is 0 Å². The van der Waals surface area contributed by atoms with Gasteiger partial charge in [0.2, 0.25) is 0 Å². The summed E-state index contributed by atoms with van der Waals surface area (Å²) in [6, 6.07) is 0. The van der Waals surface area contributed by atoms with Crippen LogP contribution in [0.4, 0.5) is 4.39 Å². The number of halogens is 1. The van der Waals surface area contributed by atoms with Crippen LogP contribution in [0, 0.1) is 28.6 Å². The Morgan fingerprint density at radius 3 is 2.82 bits per heavy atom. The van der Waals surface area contributed by atoms with Crippen molar-refractivity contribution in [1.82, 2.24) is 0 Å². The molecule has 118 valence electrons. The van der Waals surface area contributed by atoms with Crippen molar-refractivity contribution in [2.75, 3.05) is 6.67 Å². The molecule has 0 aromatic rings. The Kier molecular flexibility index (Phi) is 3.02. The summed E-state index contributed by atoms with van der Waals surface area (Å²) in [5.41, 5.74) is 0.340. The van der Waals surface area contributed by atoms with E-state index in [2.05, 4.69) is 19.1 Å². The standard InChI is InChI=1S/C19H23FO2/c1-18-8-3-2-4-12(18)10-15(21)17-13(18)7-9-19(11-20)14(17)5-6-16(19)22/h2,4,10,13-14,17H,3,5-9,11H2,1H3/t13-,14-,17+,18-,19+/m0/s1. The van der Waals surface area contributed by atoms with E-state index in [0.29, 0.717) is 19.3 Å². The van der Waals surface area contributed by atoms with Crippen molar-refractivity contribution < 1.29 is 14.0 Å². The minimum atomic E-state index is -0.844. The van der Waals surface area contributed by atoms with Crippen LogP contribution < -0.4 is 0 Å². The topological polar surface area (TPSA) is 34.1 Å². The van der Waals surface area contributed by atoms with Gasteiger partial charge in [0, 0.05) is 12.3 Å². The molecule has 0 radical (unpaired) electrons. The zero-order chi connectivity index (χ0) is 15.5. The molecule has 0 bridgehead atoms. The summed E-state index contributed by atoms with van der Waals surface area (Å²) >= 11 is 0. The third kappa shape index (κ3) is 1.60. The molecule has 22 heavy (non-hydrogen) atoms. The van der Waals surface area contributed by atoms with Crippen molar-refractivity contribution in [3.63, 3.8) is 0 Å². The molecule has 3 heteroatoms. The molecule has 0 heterocycles. The fraction of sp³-hybridized carbons (Fsp3) is 0.684. The van der Waals surface area contributed by atoms with Gasteiger partial charge in [-0.15, -0.1) is 0 Å². The Labute approximate surface area is 130 Å². The Hall–Kier alpha value is -1.25. The number of carbonyl (C=O) groups is 2. The predicted octanol–water partition coefficient (Wildman–Crippen LogP) is 3.81. The summed E-state index contributed by atoms with van der Waals surface area (Å²) in [5, 5.41) is 0. The molecule has 4 aliphatic rings. The summed E-state index contributed by atoms with van der Waals surface area (Å²) in [6.07, 6.45) is 10.8. The third-order valence-corrected chi connectivity index (χ3v) is 7.19. The smallest absolute Gasteiger partial charge is 0.159 e. The van der Waals surface area contributed by atoms with Crippen LogP contribution in [-0.4, -0.2) is 18.2 Å². The number of carbonyl (C=O) groups excluding carboxylic acids is 2. The molecule has 0 unspecified atom stereocenters. The molecular formula is C19H23FO2. The summed E-state index contributed by atoms with van der Waals surface area (Å²) in [4.78, 5) is 25.1. The molecular weight excluding hydrogens is 279 g/mol. The molecule has 0 amide bonds. The Morgan fingerprint density at radius 2 is 2.05 bits per heavy atom. The normalized spacial score (nSPS) is 46.8. The highest BCUT2D eigenvalue weighted by atomic mass is 19.1. The van der Waals surface area contributed by atoms with Gasteiger partial charge in [-0.05, 0) is 61.0 Å². The number of ketones is 2. The van der Waals surface area contributed by atoms with Gasteiger partial charge in [-0.3, -0.25) is 9.59 Å². The minimum absolute atomic E-state index is 0.0292. The molecule has 0 N–H and O–H groups in total. The number of alkyl halides is 1. The molecule has 0 aromatic heterocycles. The maximum Gasteiger partial charge on any atom is 0.159 e. The average Bonchev–Trinajstić information content (AvgIpc) is 2.86. The molecule has 2 nitrogen and oxygen atoms in total. The van der Waals surface area contributed by atoms with E-state index in [9.17, 15) is 14.0 Å². The Balaban J connectivity index is 1.80. The van der Waals surface area contributed by atoms with Gasteiger partial charge >= 0.3 is 0 Å². The quantitative estimate of drug-likeness (QED) is 0.738. The largest absolute Gasteiger partial charge is 0.299 e. The molecule has 0 spiro atoms. The van der Waals surface area contributed by atoms with E-state index in [0.717, 1.165) is 24.8 Å². The fourth-order valence-corrected chi connectivity index (χ4v) is 5.88. The second kappa shape index (κ2) is 4.62. The van der Waals surface area contributed by atoms with Gasteiger partial charge < -0.3 is 0 Å². The van der Waals surface area contributed by atoms with Crippen LogP contribution in [-0.2, 0) is 9.59 Å². The van der Waals surface area contributed by atoms with Crippen LogP contribution in [0.3, 0.4) is 0 Å². The van der Waals surface area contributed by atoms with E-state index in [1.54, 1.807) is 6.08 Å². The molecule has 0 saturated heterocycles. The molecule has 2 saturated carbocycles. The number of hydrogen-bond acceptors (Lipinski definition) is 2. The predicted molar refractivity (Wildman–Crippen MR) is 81.9 cm³/mol. The lowest BCUT2D eigenvalue weighted by Crippen LogP contribution is -2.53. The van der Waals surface area contributed by atoms with Gasteiger partial charge in [-0.25, -0.2) is 4.39 Å². The second-order valence-corrected chi connectivity index (χ2v) is 7.89. The highest BCUT2D eigenvalue weighted by molar-refractivity contribution is 5.97. The summed E-state index contributed by atoms with van der Waals surface area (Å²) < 4.78 is 13.8. The first kappa shape index (κ1) is 14.3. The van der Waals surface area contributed by atoms with Gasteiger partial charge in [0.25, 0.3) is 0 Å². The zero-order valence-electron chi connectivity index (χ0n) is 13.1. The number of allylic oxidation sites excluding steroid dienone is 4. The molecule has 4 aliphatic carbocycles. The highest BCUT2D eigenvalue weighted by Gasteiger charge is 2.62. The van der Waals surface area contributed by atoms with Gasteiger partial charge in [-0.2, -0.15) is 0 Å². The fourth-order valence-electron chi connectivity index (χ4n) is 5.88. The number of Topliss-reactive ketones (excluding diaryl/α,β-unsaturated/α-hetero) is 1. The number of rotatable bonds is 1. The van der Waals surface area contributed by atoms with Gasteiger partial charge in [0.1, 0.15) is 12.5 Å². The summed E-state index contributed by atoms with van der Waals surface area (Å²) in [6.45, 7) is 1.69.